The minimum absolute atomic E-state index is 0.149. The van der Waals surface area contributed by atoms with Gasteiger partial charge in [-0.2, -0.15) is 0 Å². The molecule has 1 aliphatic rings. The van der Waals surface area contributed by atoms with Crippen molar-refractivity contribution >= 4 is 11.8 Å². The fourth-order valence-corrected chi connectivity index (χ4v) is 2.05. The number of carbonyl (C=O) groups is 2. The van der Waals surface area contributed by atoms with Crippen molar-refractivity contribution in [1.29, 1.82) is 0 Å². The molecule has 0 amide bonds. The Morgan fingerprint density at radius 3 is 2.88 bits per heavy atom. The zero-order valence-corrected chi connectivity index (χ0v) is 8.90. The average molecular weight is 220 g/mol. The van der Waals surface area contributed by atoms with Crippen LogP contribution < -0.4 is 4.74 Å². The van der Waals surface area contributed by atoms with Gasteiger partial charge in [0.15, 0.2) is 5.78 Å². The predicted molar refractivity (Wildman–Crippen MR) is 56.5 cm³/mol. The van der Waals surface area contributed by atoms with Gasteiger partial charge in [-0.25, -0.2) is 0 Å². The normalized spacial score (nSPS) is 19.1. The first-order chi connectivity index (χ1) is 7.63. The minimum atomic E-state index is -1.04. The summed E-state index contributed by atoms with van der Waals surface area (Å²) in [6.07, 6.45) is 0.414. The third kappa shape index (κ3) is 1.66. The highest BCUT2D eigenvalue weighted by Crippen LogP contribution is 2.30. The number of hydrogen-bond acceptors (Lipinski definition) is 3. The molecule has 2 rings (SSSR count). The Morgan fingerprint density at radius 2 is 2.25 bits per heavy atom. The number of aliphatic carboxylic acids is 1. The molecule has 84 valence electrons. The molecule has 0 aromatic heterocycles. The fourth-order valence-electron chi connectivity index (χ4n) is 2.05. The second-order valence-electron chi connectivity index (χ2n) is 3.84. The van der Waals surface area contributed by atoms with E-state index in [2.05, 4.69) is 0 Å². The quantitative estimate of drug-likeness (QED) is 0.757. The molecule has 0 saturated heterocycles. The highest BCUT2D eigenvalue weighted by atomic mass is 16.5. The molecular formula is C12H12O4. The maximum Gasteiger partial charge on any atom is 0.314 e. The standard InChI is InChI=1S/C12H12O4/c1-16-11-4-2-3-7-5-9(12(14)15)10(13)6-8(7)11/h2-4,9H,5-6H2,1H3,(H,14,15). The number of ketones is 1. The summed E-state index contributed by atoms with van der Waals surface area (Å²) in [5, 5.41) is 8.91. The van der Waals surface area contributed by atoms with Crippen molar-refractivity contribution in [1.82, 2.24) is 0 Å². The van der Waals surface area contributed by atoms with E-state index in [1.54, 1.807) is 13.2 Å². The van der Waals surface area contributed by atoms with Crippen molar-refractivity contribution in [3.05, 3.63) is 29.3 Å². The second-order valence-corrected chi connectivity index (χ2v) is 3.84. The molecule has 0 bridgehead atoms. The maximum atomic E-state index is 11.6. The van der Waals surface area contributed by atoms with Gasteiger partial charge in [0.25, 0.3) is 0 Å². The molecule has 1 aliphatic carbocycles. The van der Waals surface area contributed by atoms with E-state index in [1.165, 1.54) is 0 Å². The van der Waals surface area contributed by atoms with Gasteiger partial charge >= 0.3 is 5.97 Å². The highest BCUT2D eigenvalue weighted by molar-refractivity contribution is 6.01. The summed E-state index contributed by atoms with van der Waals surface area (Å²) >= 11 is 0. The van der Waals surface area contributed by atoms with E-state index in [9.17, 15) is 9.59 Å². The average Bonchev–Trinajstić information content (AvgIpc) is 2.27. The van der Waals surface area contributed by atoms with Crippen LogP contribution >= 0.6 is 0 Å². The van der Waals surface area contributed by atoms with Crippen molar-refractivity contribution in [2.45, 2.75) is 12.8 Å². The first kappa shape index (κ1) is 10.7. The molecule has 1 unspecified atom stereocenters. The van der Waals surface area contributed by atoms with E-state index in [4.69, 9.17) is 9.84 Å². The number of carboxylic acids is 1. The summed E-state index contributed by atoms with van der Waals surface area (Å²) < 4.78 is 5.16. The van der Waals surface area contributed by atoms with Crippen molar-refractivity contribution in [3.8, 4) is 5.75 Å². The molecule has 1 N–H and O–H groups in total. The summed E-state index contributed by atoms with van der Waals surface area (Å²) in [5.41, 5.74) is 1.72. The van der Waals surface area contributed by atoms with Crippen molar-refractivity contribution in [3.63, 3.8) is 0 Å². The SMILES string of the molecule is COc1cccc2c1CC(=O)C(C(=O)O)C2. The summed E-state index contributed by atoms with van der Waals surface area (Å²) in [4.78, 5) is 22.5. The summed E-state index contributed by atoms with van der Waals surface area (Å²) in [6.45, 7) is 0. The van der Waals surface area contributed by atoms with Gasteiger partial charge in [0.1, 0.15) is 11.7 Å². The van der Waals surface area contributed by atoms with Gasteiger partial charge in [-0.05, 0) is 18.1 Å². The Kier molecular flexibility index (Phi) is 2.64. The Labute approximate surface area is 92.8 Å². The topological polar surface area (TPSA) is 63.6 Å². The number of methoxy groups -OCH3 is 1. The molecule has 0 spiro atoms. The lowest BCUT2D eigenvalue weighted by Crippen LogP contribution is -2.31. The lowest BCUT2D eigenvalue weighted by Gasteiger charge is -2.22. The number of benzene rings is 1. The van der Waals surface area contributed by atoms with Crippen LogP contribution in [0.1, 0.15) is 11.1 Å². The van der Waals surface area contributed by atoms with E-state index in [0.29, 0.717) is 5.75 Å². The molecule has 1 aromatic rings. The minimum Gasteiger partial charge on any atom is -0.496 e. The fraction of sp³-hybridized carbons (Fsp3) is 0.333. The molecule has 0 saturated carbocycles. The first-order valence-electron chi connectivity index (χ1n) is 5.03. The zero-order valence-electron chi connectivity index (χ0n) is 8.90. The van der Waals surface area contributed by atoms with Gasteiger partial charge in [0, 0.05) is 12.0 Å². The summed E-state index contributed by atoms with van der Waals surface area (Å²) in [6, 6.07) is 5.44. The summed E-state index contributed by atoms with van der Waals surface area (Å²) in [5.74, 6) is -1.53. The van der Waals surface area contributed by atoms with Crippen LogP contribution in [0.4, 0.5) is 0 Å². The van der Waals surface area contributed by atoms with Gasteiger partial charge in [-0.15, -0.1) is 0 Å². The Hall–Kier alpha value is -1.84. The molecular weight excluding hydrogens is 208 g/mol. The van der Waals surface area contributed by atoms with Crippen LogP contribution in [0.15, 0.2) is 18.2 Å². The second kappa shape index (κ2) is 3.96. The Balaban J connectivity index is 2.42. The molecule has 0 heterocycles. The van der Waals surface area contributed by atoms with E-state index in [0.717, 1.165) is 11.1 Å². The third-order valence-corrected chi connectivity index (χ3v) is 2.91. The third-order valence-electron chi connectivity index (χ3n) is 2.91. The maximum absolute atomic E-state index is 11.6. The predicted octanol–water partition coefficient (Wildman–Crippen LogP) is 1.06. The van der Waals surface area contributed by atoms with Gasteiger partial charge in [0.05, 0.1) is 7.11 Å². The molecule has 4 heteroatoms. The van der Waals surface area contributed by atoms with Gasteiger partial charge in [-0.1, -0.05) is 12.1 Å². The number of carbonyl (C=O) groups excluding carboxylic acids is 1. The number of ether oxygens (including phenoxy) is 1. The number of fused-ring (bicyclic) bond motifs is 1. The van der Waals surface area contributed by atoms with E-state index >= 15 is 0 Å². The summed E-state index contributed by atoms with van der Waals surface area (Å²) in [7, 11) is 1.55. The zero-order chi connectivity index (χ0) is 11.7. The number of rotatable bonds is 2. The van der Waals surface area contributed by atoms with Gasteiger partial charge in [-0.3, -0.25) is 9.59 Å². The molecule has 16 heavy (non-hydrogen) atoms. The van der Waals surface area contributed by atoms with Crippen LogP contribution in [0.2, 0.25) is 0 Å². The molecule has 1 atom stereocenters. The van der Waals surface area contributed by atoms with E-state index in [-0.39, 0.29) is 18.6 Å². The van der Waals surface area contributed by atoms with Gasteiger partial charge < -0.3 is 9.84 Å². The first-order valence-corrected chi connectivity index (χ1v) is 5.03. The van der Waals surface area contributed by atoms with Crippen LogP contribution in [0, 0.1) is 5.92 Å². The Bertz CT molecular complexity index is 450. The van der Waals surface area contributed by atoms with Crippen molar-refractivity contribution in [2.24, 2.45) is 5.92 Å². The van der Waals surface area contributed by atoms with Crippen LogP contribution in [0.3, 0.4) is 0 Å². The van der Waals surface area contributed by atoms with Crippen LogP contribution in [-0.2, 0) is 22.4 Å². The smallest absolute Gasteiger partial charge is 0.314 e. The highest BCUT2D eigenvalue weighted by Gasteiger charge is 2.32. The molecule has 0 fully saturated rings. The van der Waals surface area contributed by atoms with Crippen molar-refractivity contribution in [2.75, 3.05) is 7.11 Å². The molecule has 4 nitrogen and oxygen atoms in total. The number of carboxylic acid groups (broad SMARTS) is 1. The van der Waals surface area contributed by atoms with Gasteiger partial charge in [0.2, 0.25) is 0 Å². The van der Waals surface area contributed by atoms with Crippen molar-refractivity contribution < 1.29 is 19.4 Å². The molecule has 1 aromatic carbocycles. The lowest BCUT2D eigenvalue weighted by molar-refractivity contribution is -0.146. The van der Waals surface area contributed by atoms with E-state index in [1.807, 2.05) is 12.1 Å². The number of hydrogen-bond donors (Lipinski definition) is 1. The molecule has 0 radical (unpaired) electrons. The molecule has 0 aliphatic heterocycles. The van der Waals surface area contributed by atoms with Crippen LogP contribution in [-0.4, -0.2) is 24.0 Å². The van der Waals surface area contributed by atoms with Crippen LogP contribution in [0.25, 0.3) is 0 Å². The largest absolute Gasteiger partial charge is 0.496 e. The Morgan fingerprint density at radius 1 is 1.50 bits per heavy atom. The lowest BCUT2D eigenvalue weighted by atomic mass is 9.82. The van der Waals surface area contributed by atoms with Crippen LogP contribution in [0.5, 0.6) is 5.75 Å². The number of Topliss-reactive ketones (excluding diaryl/α,β-unsaturated/α-hetero) is 1. The van der Waals surface area contributed by atoms with E-state index < -0.39 is 11.9 Å². The monoisotopic (exact) mass is 220 g/mol.